The first-order valence-electron chi connectivity index (χ1n) is 11.5. The standard InChI is InChI=1S/C25H32ClN3O4S/c1-16(2)33-25(32)27-11-8-20(28-24(31)22-6-7-23(26)34-22)21(30)15-17-4-5-18-9-12-29(3)13-10-19(18)14-17/h4-7,14,16,20H,8-13,15H2,1-3H3,(H,27,32)(H,28,31)/t20-/m1/s1. The van der Waals surface area contributed by atoms with Gasteiger partial charge in [0.2, 0.25) is 0 Å². The maximum absolute atomic E-state index is 13.2. The molecule has 0 saturated heterocycles. The van der Waals surface area contributed by atoms with Crippen molar-refractivity contribution in [3.63, 3.8) is 0 Å². The number of nitrogens with zero attached hydrogens (tertiary/aromatic N) is 1. The van der Waals surface area contributed by atoms with Gasteiger partial charge >= 0.3 is 6.09 Å². The Labute approximate surface area is 209 Å². The number of alkyl carbamates (subject to hydrolysis) is 1. The van der Waals surface area contributed by atoms with Gasteiger partial charge in [-0.05, 0) is 69.0 Å². The Hall–Kier alpha value is -2.42. The lowest BCUT2D eigenvalue weighted by atomic mass is 9.95. The largest absolute Gasteiger partial charge is 0.447 e. The van der Waals surface area contributed by atoms with Crippen LogP contribution in [0.25, 0.3) is 0 Å². The lowest BCUT2D eigenvalue weighted by Gasteiger charge is -2.18. The van der Waals surface area contributed by atoms with Crippen molar-refractivity contribution in [2.24, 2.45) is 0 Å². The second-order valence-electron chi connectivity index (χ2n) is 8.85. The second kappa shape index (κ2) is 12.3. The molecule has 1 aliphatic rings. The van der Waals surface area contributed by atoms with Crippen molar-refractivity contribution in [2.45, 2.75) is 51.7 Å². The number of carbonyl (C=O) groups is 3. The van der Waals surface area contributed by atoms with Gasteiger partial charge in [0.25, 0.3) is 5.91 Å². The van der Waals surface area contributed by atoms with Crippen LogP contribution in [0.3, 0.4) is 0 Å². The summed E-state index contributed by atoms with van der Waals surface area (Å²) in [7, 11) is 2.12. The Morgan fingerprint density at radius 2 is 1.85 bits per heavy atom. The van der Waals surface area contributed by atoms with Crippen LogP contribution < -0.4 is 10.6 Å². The summed E-state index contributed by atoms with van der Waals surface area (Å²) in [5.41, 5.74) is 3.54. The molecule has 9 heteroatoms. The summed E-state index contributed by atoms with van der Waals surface area (Å²) < 4.78 is 5.57. The highest BCUT2D eigenvalue weighted by molar-refractivity contribution is 7.18. The molecule has 2 heterocycles. The lowest BCUT2D eigenvalue weighted by Crippen LogP contribution is -2.43. The molecule has 34 heavy (non-hydrogen) atoms. The average Bonchev–Trinajstić information content (AvgIpc) is 3.13. The van der Waals surface area contributed by atoms with E-state index in [4.69, 9.17) is 16.3 Å². The molecule has 0 spiro atoms. The third-order valence-electron chi connectivity index (χ3n) is 5.71. The minimum atomic E-state index is -0.752. The van der Waals surface area contributed by atoms with E-state index in [1.807, 2.05) is 6.07 Å². The van der Waals surface area contributed by atoms with Gasteiger partial charge in [-0.15, -0.1) is 11.3 Å². The highest BCUT2D eigenvalue weighted by Crippen LogP contribution is 2.22. The van der Waals surface area contributed by atoms with Gasteiger partial charge in [-0.1, -0.05) is 29.8 Å². The monoisotopic (exact) mass is 505 g/mol. The molecule has 1 atom stereocenters. The number of carbonyl (C=O) groups excluding carboxylic acids is 3. The van der Waals surface area contributed by atoms with Crippen LogP contribution in [0.1, 0.15) is 46.6 Å². The number of benzene rings is 1. The molecule has 0 saturated carbocycles. The summed E-state index contributed by atoms with van der Waals surface area (Å²) in [6.07, 6.45) is 1.62. The molecule has 0 unspecified atom stereocenters. The predicted octanol–water partition coefficient (Wildman–Crippen LogP) is 3.87. The van der Waals surface area contributed by atoms with Crippen molar-refractivity contribution < 1.29 is 19.1 Å². The predicted molar refractivity (Wildman–Crippen MR) is 135 cm³/mol. The maximum atomic E-state index is 13.2. The Morgan fingerprint density at radius 1 is 1.12 bits per heavy atom. The molecule has 1 aromatic carbocycles. The molecule has 0 aliphatic carbocycles. The average molecular weight is 506 g/mol. The molecule has 0 bridgehead atoms. The minimum absolute atomic E-state index is 0.110. The third-order valence-corrected chi connectivity index (χ3v) is 6.94. The number of amides is 2. The molecule has 184 valence electrons. The fourth-order valence-electron chi connectivity index (χ4n) is 3.88. The normalized spacial score (nSPS) is 14.7. The van der Waals surface area contributed by atoms with Crippen LogP contribution in [0.5, 0.6) is 0 Å². The Balaban J connectivity index is 1.67. The van der Waals surface area contributed by atoms with E-state index in [1.165, 1.54) is 11.1 Å². The second-order valence-corrected chi connectivity index (χ2v) is 10.6. The molecule has 0 radical (unpaired) electrons. The topological polar surface area (TPSA) is 87.7 Å². The van der Waals surface area contributed by atoms with Gasteiger partial charge in [0.1, 0.15) is 0 Å². The van der Waals surface area contributed by atoms with Gasteiger partial charge < -0.3 is 20.3 Å². The molecular formula is C25H32ClN3O4S. The van der Waals surface area contributed by atoms with Crippen molar-refractivity contribution in [3.8, 4) is 0 Å². The Kier molecular flexibility index (Phi) is 9.50. The number of hydrogen-bond acceptors (Lipinski definition) is 6. The maximum Gasteiger partial charge on any atom is 0.407 e. The van der Waals surface area contributed by atoms with Gasteiger partial charge in [0.05, 0.1) is 21.4 Å². The number of hydrogen-bond donors (Lipinski definition) is 2. The van der Waals surface area contributed by atoms with E-state index in [9.17, 15) is 14.4 Å². The highest BCUT2D eigenvalue weighted by atomic mass is 35.5. The first kappa shape index (κ1) is 26.2. The molecule has 2 amide bonds. The molecule has 3 rings (SSSR count). The fourth-order valence-corrected chi connectivity index (χ4v) is 4.82. The number of halogens is 1. The van der Waals surface area contributed by atoms with Crippen molar-refractivity contribution in [1.82, 2.24) is 15.5 Å². The van der Waals surface area contributed by atoms with Crippen LogP contribution >= 0.6 is 22.9 Å². The van der Waals surface area contributed by atoms with E-state index in [-0.39, 0.29) is 37.2 Å². The van der Waals surface area contributed by atoms with Crippen molar-refractivity contribution in [2.75, 3.05) is 26.7 Å². The number of fused-ring (bicyclic) bond motifs is 1. The minimum Gasteiger partial charge on any atom is -0.447 e. The van der Waals surface area contributed by atoms with E-state index in [0.29, 0.717) is 9.21 Å². The van der Waals surface area contributed by atoms with Gasteiger partial charge in [-0.25, -0.2) is 4.79 Å². The van der Waals surface area contributed by atoms with Crippen LogP contribution in [-0.4, -0.2) is 61.5 Å². The third kappa shape index (κ3) is 7.82. The number of Topliss-reactive ketones (excluding diaryl/α,β-unsaturated/α-hetero) is 1. The van der Waals surface area contributed by atoms with E-state index in [2.05, 4.69) is 34.7 Å². The molecule has 7 nitrogen and oxygen atoms in total. The molecular weight excluding hydrogens is 474 g/mol. The molecule has 0 fully saturated rings. The van der Waals surface area contributed by atoms with E-state index in [0.717, 1.165) is 42.8 Å². The van der Waals surface area contributed by atoms with Crippen LogP contribution in [0.4, 0.5) is 4.79 Å². The zero-order valence-corrected chi connectivity index (χ0v) is 21.4. The first-order valence-corrected chi connectivity index (χ1v) is 12.7. The summed E-state index contributed by atoms with van der Waals surface area (Å²) in [5.74, 6) is -0.467. The first-order chi connectivity index (χ1) is 16.2. The molecule has 2 aromatic rings. The van der Waals surface area contributed by atoms with E-state index in [1.54, 1.807) is 26.0 Å². The Bertz CT molecular complexity index is 1020. The Morgan fingerprint density at radius 3 is 2.53 bits per heavy atom. The van der Waals surface area contributed by atoms with E-state index < -0.39 is 12.1 Å². The summed E-state index contributed by atoms with van der Waals surface area (Å²) in [5, 5.41) is 5.47. The number of rotatable bonds is 9. The summed E-state index contributed by atoms with van der Waals surface area (Å²) in [4.78, 5) is 40.5. The number of ketones is 1. The number of likely N-dealkylation sites (N-methyl/N-ethyl adjacent to an activating group) is 1. The van der Waals surface area contributed by atoms with Crippen molar-refractivity contribution >= 4 is 40.7 Å². The van der Waals surface area contributed by atoms with E-state index >= 15 is 0 Å². The van der Waals surface area contributed by atoms with Crippen LogP contribution in [-0.2, 0) is 28.8 Å². The summed E-state index contributed by atoms with van der Waals surface area (Å²) >= 11 is 7.11. The molecule has 1 aliphatic heterocycles. The fraction of sp³-hybridized carbons (Fsp3) is 0.480. The van der Waals surface area contributed by atoms with Gasteiger partial charge in [0, 0.05) is 26.1 Å². The van der Waals surface area contributed by atoms with Crippen LogP contribution in [0, 0.1) is 0 Å². The van der Waals surface area contributed by atoms with Crippen molar-refractivity contribution in [1.29, 1.82) is 0 Å². The van der Waals surface area contributed by atoms with Crippen molar-refractivity contribution in [3.05, 3.63) is 56.2 Å². The zero-order chi connectivity index (χ0) is 24.7. The van der Waals surface area contributed by atoms with Gasteiger partial charge in [0.15, 0.2) is 5.78 Å². The number of thiophene rings is 1. The van der Waals surface area contributed by atoms with Gasteiger partial charge in [-0.2, -0.15) is 0 Å². The summed E-state index contributed by atoms with van der Waals surface area (Å²) in [6, 6.07) is 8.75. The SMILES string of the molecule is CC(C)OC(=O)NCC[C@@H](NC(=O)c1ccc(Cl)s1)C(=O)Cc1ccc2c(c1)CCN(C)CC2. The van der Waals surface area contributed by atoms with Crippen LogP contribution in [0.15, 0.2) is 30.3 Å². The number of ether oxygens (including phenoxy) is 1. The quantitative estimate of drug-likeness (QED) is 0.540. The summed E-state index contributed by atoms with van der Waals surface area (Å²) in [6.45, 7) is 5.74. The lowest BCUT2D eigenvalue weighted by molar-refractivity contribution is -0.120. The molecule has 1 aromatic heterocycles. The smallest absolute Gasteiger partial charge is 0.407 e. The zero-order valence-electron chi connectivity index (χ0n) is 19.9. The highest BCUT2D eigenvalue weighted by Gasteiger charge is 2.23. The molecule has 2 N–H and O–H groups in total. The van der Waals surface area contributed by atoms with Gasteiger partial charge in [-0.3, -0.25) is 9.59 Å². The van der Waals surface area contributed by atoms with Crippen LogP contribution in [0.2, 0.25) is 4.34 Å². The number of nitrogens with one attached hydrogen (secondary N) is 2.